The van der Waals surface area contributed by atoms with Gasteiger partial charge in [0.05, 0.1) is 0 Å². The molecule has 0 heterocycles. The maximum Gasteiger partial charge on any atom is 0.141 e. The average molecular weight is 242 g/mol. The largest absolute Gasteiger partial charge is 0.459 e. The molecule has 2 N–H and O–H groups in total. The van der Waals surface area contributed by atoms with Crippen LogP contribution in [0, 0.1) is 0 Å². The highest BCUT2D eigenvalue weighted by molar-refractivity contribution is 5.09. The third-order valence-corrected chi connectivity index (χ3v) is 2.34. The van der Waals surface area contributed by atoms with Crippen LogP contribution < -0.4 is 10.6 Å². The monoisotopic (exact) mass is 242 g/mol. The Balaban J connectivity index is 5.06. The van der Waals surface area contributed by atoms with Gasteiger partial charge < -0.3 is 25.2 Å². The van der Waals surface area contributed by atoms with Gasteiger partial charge in [-0.05, 0) is 13.8 Å². The molecule has 0 unspecified atom stereocenters. The highest BCUT2D eigenvalue weighted by Gasteiger charge is 2.09. The van der Waals surface area contributed by atoms with Gasteiger partial charge in [0, 0.05) is 42.3 Å². The molecule has 0 radical (unpaired) electrons. The minimum absolute atomic E-state index is 0.838. The van der Waals surface area contributed by atoms with Crippen LogP contribution in [-0.4, -0.2) is 52.1 Å². The van der Waals surface area contributed by atoms with E-state index in [0.717, 1.165) is 23.2 Å². The van der Waals surface area contributed by atoms with Gasteiger partial charge in [0.15, 0.2) is 0 Å². The molecule has 0 aromatic heterocycles. The third-order valence-electron chi connectivity index (χ3n) is 2.34. The van der Waals surface area contributed by atoms with Crippen molar-refractivity contribution < 1.29 is 4.74 Å². The fraction of sp³-hybridized carbons (Fsp3) is 0.667. The Labute approximate surface area is 105 Å². The van der Waals surface area contributed by atoms with E-state index in [-0.39, 0.29) is 0 Å². The lowest BCUT2D eigenvalue weighted by atomic mass is 10.4. The summed E-state index contributed by atoms with van der Waals surface area (Å²) in [5, 5.41) is 6.23. The molecule has 0 saturated carbocycles. The van der Waals surface area contributed by atoms with Crippen LogP contribution in [0.15, 0.2) is 23.2 Å². The van der Waals surface area contributed by atoms with Crippen molar-refractivity contribution in [3.63, 3.8) is 0 Å². The molecule has 17 heavy (non-hydrogen) atoms. The predicted molar refractivity (Wildman–Crippen MR) is 72.0 cm³/mol. The first kappa shape index (κ1) is 15.5. The number of hydrogen-bond donors (Lipinski definition) is 2. The maximum atomic E-state index is 5.83. The second-order valence-electron chi connectivity index (χ2n) is 4.20. The normalized spacial score (nSPS) is 13.4. The summed E-state index contributed by atoms with van der Waals surface area (Å²) in [5.74, 6) is 3.59. The van der Waals surface area contributed by atoms with Crippen molar-refractivity contribution in [3.05, 3.63) is 23.2 Å². The van der Waals surface area contributed by atoms with Gasteiger partial charge in [0.1, 0.15) is 23.2 Å². The molecular weight excluding hydrogens is 216 g/mol. The molecule has 0 fully saturated rings. The summed E-state index contributed by atoms with van der Waals surface area (Å²) in [7, 11) is 11.7. The molecule has 0 aliphatic rings. The number of nitrogens with zero attached hydrogens (tertiary/aromatic N) is 2. The van der Waals surface area contributed by atoms with Gasteiger partial charge in [-0.3, -0.25) is 0 Å². The van der Waals surface area contributed by atoms with Crippen LogP contribution in [-0.2, 0) is 4.74 Å². The molecule has 0 aromatic carbocycles. The number of allylic oxidation sites excluding steroid dienone is 2. The van der Waals surface area contributed by atoms with Crippen LogP contribution in [0.5, 0.6) is 0 Å². The highest BCUT2D eigenvalue weighted by Crippen LogP contribution is 2.13. The van der Waals surface area contributed by atoms with E-state index in [0.29, 0.717) is 0 Å². The first-order valence-electron chi connectivity index (χ1n) is 5.64. The number of hydrogen-bond acceptors (Lipinski definition) is 5. The SMILES string of the molecule is CNC(=C(C)OC(C)=C(NC)N(C)C)N(C)C. The molecule has 0 amide bonds. The van der Waals surface area contributed by atoms with E-state index >= 15 is 0 Å². The van der Waals surface area contributed by atoms with Crippen LogP contribution in [0.2, 0.25) is 0 Å². The Morgan fingerprint density at radius 2 is 1.06 bits per heavy atom. The van der Waals surface area contributed by atoms with Crippen LogP contribution in [0.3, 0.4) is 0 Å². The third kappa shape index (κ3) is 4.46. The Bertz CT molecular complexity index is 276. The van der Waals surface area contributed by atoms with Crippen molar-refractivity contribution in [2.24, 2.45) is 0 Å². The van der Waals surface area contributed by atoms with Gasteiger partial charge in [-0.15, -0.1) is 0 Å². The molecule has 0 aliphatic carbocycles. The molecule has 0 atom stereocenters. The first-order valence-corrected chi connectivity index (χ1v) is 5.64. The van der Waals surface area contributed by atoms with Crippen LogP contribution in [0.25, 0.3) is 0 Å². The van der Waals surface area contributed by atoms with Crippen LogP contribution in [0.1, 0.15) is 13.8 Å². The van der Waals surface area contributed by atoms with Gasteiger partial charge >= 0.3 is 0 Å². The second-order valence-corrected chi connectivity index (χ2v) is 4.20. The van der Waals surface area contributed by atoms with Gasteiger partial charge in [-0.1, -0.05) is 0 Å². The summed E-state index contributed by atoms with van der Waals surface area (Å²) in [4.78, 5) is 3.97. The van der Waals surface area contributed by atoms with Crippen molar-refractivity contribution in [1.29, 1.82) is 0 Å². The van der Waals surface area contributed by atoms with E-state index in [4.69, 9.17) is 4.74 Å². The van der Waals surface area contributed by atoms with E-state index < -0.39 is 0 Å². The summed E-state index contributed by atoms with van der Waals surface area (Å²) < 4.78 is 5.83. The lowest BCUT2D eigenvalue weighted by molar-refractivity contribution is 0.261. The van der Waals surface area contributed by atoms with Crippen molar-refractivity contribution >= 4 is 0 Å². The summed E-state index contributed by atoms with van der Waals surface area (Å²) >= 11 is 0. The quantitative estimate of drug-likeness (QED) is 0.678. The van der Waals surface area contributed by atoms with E-state index in [1.807, 2.05) is 65.9 Å². The zero-order valence-electron chi connectivity index (χ0n) is 12.3. The molecular formula is C12H26N4O. The van der Waals surface area contributed by atoms with Gasteiger partial charge in [0.2, 0.25) is 0 Å². The minimum atomic E-state index is 0.838. The fourth-order valence-corrected chi connectivity index (χ4v) is 1.76. The number of rotatable bonds is 6. The van der Waals surface area contributed by atoms with E-state index in [9.17, 15) is 0 Å². The first-order chi connectivity index (χ1) is 7.84. The molecule has 5 nitrogen and oxygen atoms in total. The average Bonchev–Trinajstić information content (AvgIpc) is 2.17. The number of ether oxygens (including phenoxy) is 1. The summed E-state index contributed by atoms with van der Waals surface area (Å²) in [6.07, 6.45) is 0. The van der Waals surface area contributed by atoms with Crippen molar-refractivity contribution in [2.75, 3.05) is 42.3 Å². The molecule has 0 spiro atoms. The van der Waals surface area contributed by atoms with E-state index in [1.165, 1.54) is 0 Å². The zero-order chi connectivity index (χ0) is 13.6. The molecule has 0 bridgehead atoms. The summed E-state index contributed by atoms with van der Waals surface area (Å²) in [6.45, 7) is 3.89. The van der Waals surface area contributed by atoms with Gasteiger partial charge in [-0.2, -0.15) is 0 Å². The van der Waals surface area contributed by atoms with E-state index in [2.05, 4.69) is 10.6 Å². The predicted octanol–water partition coefficient (Wildman–Crippen LogP) is 0.943. The molecule has 0 saturated heterocycles. The molecule has 0 aromatic rings. The zero-order valence-corrected chi connectivity index (χ0v) is 12.3. The smallest absolute Gasteiger partial charge is 0.141 e. The lowest BCUT2D eigenvalue weighted by Crippen LogP contribution is -2.26. The topological polar surface area (TPSA) is 39.8 Å². The Morgan fingerprint density at radius 1 is 0.765 bits per heavy atom. The van der Waals surface area contributed by atoms with Crippen molar-refractivity contribution in [1.82, 2.24) is 20.4 Å². The van der Waals surface area contributed by atoms with Gasteiger partial charge in [0.25, 0.3) is 0 Å². The van der Waals surface area contributed by atoms with Crippen molar-refractivity contribution in [3.8, 4) is 0 Å². The van der Waals surface area contributed by atoms with Gasteiger partial charge in [-0.25, -0.2) is 0 Å². The van der Waals surface area contributed by atoms with Crippen LogP contribution >= 0.6 is 0 Å². The molecule has 100 valence electrons. The molecule has 5 heteroatoms. The Kier molecular flexibility index (Phi) is 6.31. The maximum absolute atomic E-state index is 5.83. The van der Waals surface area contributed by atoms with Crippen LogP contribution in [0.4, 0.5) is 0 Å². The lowest BCUT2D eigenvalue weighted by Gasteiger charge is -2.23. The standard InChI is InChI=1S/C12H26N4O/c1-9(11(13-3)15(5)6)17-10(2)12(14-4)16(7)8/h13-14H,1-8H3. The summed E-state index contributed by atoms with van der Waals surface area (Å²) in [5.41, 5.74) is 0. The summed E-state index contributed by atoms with van der Waals surface area (Å²) in [6, 6.07) is 0. The molecule has 0 aliphatic heterocycles. The second kappa shape index (κ2) is 6.93. The number of nitrogens with one attached hydrogen (secondary N) is 2. The molecule has 0 rings (SSSR count). The van der Waals surface area contributed by atoms with Crippen molar-refractivity contribution in [2.45, 2.75) is 13.8 Å². The highest BCUT2D eigenvalue weighted by atomic mass is 16.5. The fourth-order valence-electron chi connectivity index (χ4n) is 1.76. The Hall–Kier alpha value is -1.52. The Morgan fingerprint density at radius 3 is 1.24 bits per heavy atom. The minimum Gasteiger partial charge on any atom is -0.459 e. The van der Waals surface area contributed by atoms with E-state index in [1.54, 1.807) is 0 Å².